The van der Waals surface area contributed by atoms with Crippen molar-refractivity contribution in [2.45, 2.75) is 51.5 Å². The van der Waals surface area contributed by atoms with Gasteiger partial charge in [-0.3, -0.25) is 0 Å². The van der Waals surface area contributed by atoms with E-state index in [-0.39, 0.29) is 6.04 Å². The fraction of sp³-hybridized carbons (Fsp3) is 0.667. The molecule has 1 saturated carbocycles. The van der Waals surface area contributed by atoms with Crippen molar-refractivity contribution in [1.82, 2.24) is 9.97 Å². The largest absolute Gasteiger partial charge is 0.324 e. The third-order valence-corrected chi connectivity index (χ3v) is 3.25. The zero-order valence-corrected chi connectivity index (χ0v) is 9.53. The summed E-state index contributed by atoms with van der Waals surface area (Å²) in [7, 11) is 0. The molecule has 1 atom stereocenters. The van der Waals surface area contributed by atoms with E-state index in [1.165, 1.54) is 25.7 Å². The first kappa shape index (κ1) is 10.6. The van der Waals surface area contributed by atoms with Crippen molar-refractivity contribution in [2.24, 2.45) is 5.73 Å². The average molecular weight is 205 g/mol. The normalized spacial score (nSPS) is 19.4. The van der Waals surface area contributed by atoms with Crippen LogP contribution in [0.25, 0.3) is 0 Å². The maximum absolute atomic E-state index is 5.84. The van der Waals surface area contributed by atoms with E-state index in [2.05, 4.69) is 9.97 Å². The summed E-state index contributed by atoms with van der Waals surface area (Å²) in [4.78, 5) is 9.04. The molecule has 15 heavy (non-hydrogen) atoms. The quantitative estimate of drug-likeness (QED) is 0.807. The third kappa shape index (κ3) is 2.17. The van der Waals surface area contributed by atoms with Crippen LogP contribution < -0.4 is 5.73 Å². The summed E-state index contributed by atoms with van der Waals surface area (Å²) >= 11 is 0. The van der Waals surface area contributed by atoms with Crippen molar-refractivity contribution < 1.29 is 0 Å². The number of aryl methyl sites for hydroxylation is 1. The smallest absolute Gasteiger partial charge is 0.131 e. The number of aromatic nitrogens is 2. The number of hydrogen-bond donors (Lipinski definition) is 1. The van der Waals surface area contributed by atoms with Gasteiger partial charge in [-0.15, -0.1) is 0 Å². The zero-order chi connectivity index (χ0) is 10.8. The van der Waals surface area contributed by atoms with E-state index in [0.29, 0.717) is 5.92 Å². The third-order valence-electron chi connectivity index (χ3n) is 3.25. The Labute approximate surface area is 91.1 Å². The van der Waals surface area contributed by atoms with Crippen LogP contribution in [0.15, 0.2) is 6.20 Å². The lowest BCUT2D eigenvalue weighted by atomic mass is 10.1. The van der Waals surface area contributed by atoms with E-state index >= 15 is 0 Å². The molecule has 1 aromatic rings. The summed E-state index contributed by atoms with van der Waals surface area (Å²) in [5.41, 5.74) is 7.95. The Morgan fingerprint density at radius 1 is 1.40 bits per heavy atom. The molecule has 1 heterocycles. The first-order valence-corrected chi connectivity index (χ1v) is 5.77. The van der Waals surface area contributed by atoms with Gasteiger partial charge >= 0.3 is 0 Å². The van der Waals surface area contributed by atoms with Gasteiger partial charge in [0.25, 0.3) is 0 Å². The van der Waals surface area contributed by atoms with Gasteiger partial charge in [-0.2, -0.15) is 0 Å². The van der Waals surface area contributed by atoms with Crippen molar-refractivity contribution >= 4 is 0 Å². The molecule has 82 valence electrons. The summed E-state index contributed by atoms with van der Waals surface area (Å²) in [5, 5.41) is 0. The lowest BCUT2D eigenvalue weighted by Gasteiger charge is -2.12. The van der Waals surface area contributed by atoms with Crippen molar-refractivity contribution in [2.75, 3.05) is 0 Å². The Morgan fingerprint density at radius 3 is 2.60 bits per heavy atom. The highest BCUT2D eigenvalue weighted by Gasteiger charge is 2.20. The molecule has 3 nitrogen and oxygen atoms in total. The van der Waals surface area contributed by atoms with Crippen LogP contribution in [0.3, 0.4) is 0 Å². The van der Waals surface area contributed by atoms with Gasteiger partial charge in [-0.05, 0) is 26.7 Å². The molecule has 0 aliphatic heterocycles. The second-order valence-electron chi connectivity index (χ2n) is 4.54. The Balaban J connectivity index is 2.24. The molecule has 0 unspecified atom stereocenters. The van der Waals surface area contributed by atoms with Gasteiger partial charge in [0.2, 0.25) is 0 Å². The van der Waals surface area contributed by atoms with E-state index in [4.69, 9.17) is 5.73 Å². The lowest BCUT2D eigenvalue weighted by Crippen LogP contribution is -2.11. The lowest BCUT2D eigenvalue weighted by molar-refractivity contribution is 0.655. The molecule has 0 aromatic carbocycles. The molecular formula is C12H19N3. The molecule has 0 amide bonds. The highest BCUT2D eigenvalue weighted by molar-refractivity contribution is 5.20. The summed E-state index contributed by atoms with van der Waals surface area (Å²) < 4.78 is 0. The van der Waals surface area contributed by atoms with Crippen LogP contribution in [0, 0.1) is 6.92 Å². The molecule has 0 radical (unpaired) electrons. The fourth-order valence-electron chi connectivity index (χ4n) is 2.32. The molecule has 0 bridgehead atoms. The minimum absolute atomic E-state index is 0.0302. The van der Waals surface area contributed by atoms with E-state index in [1.807, 2.05) is 20.0 Å². The van der Waals surface area contributed by atoms with Crippen LogP contribution in [0.1, 0.15) is 61.6 Å². The fourth-order valence-corrected chi connectivity index (χ4v) is 2.32. The highest BCUT2D eigenvalue weighted by atomic mass is 14.9. The molecule has 1 aliphatic rings. The molecule has 1 aromatic heterocycles. The van der Waals surface area contributed by atoms with Gasteiger partial charge in [0.1, 0.15) is 5.82 Å². The van der Waals surface area contributed by atoms with Crippen LogP contribution in [0.2, 0.25) is 0 Å². The first-order valence-electron chi connectivity index (χ1n) is 5.77. The number of nitrogens with two attached hydrogens (primary N) is 1. The topological polar surface area (TPSA) is 51.8 Å². The number of nitrogens with zero attached hydrogens (tertiary/aromatic N) is 2. The molecule has 0 spiro atoms. The van der Waals surface area contributed by atoms with E-state index in [9.17, 15) is 0 Å². The maximum atomic E-state index is 5.84. The molecule has 1 fully saturated rings. The molecule has 3 heteroatoms. The van der Waals surface area contributed by atoms with Gasteiger partial charge in [0, 0.05) is 29.4 Å². The van der Waals surface area contributed by atoms with Crippen LogP contribution in [0.5, 0.6) is 0 Å². The molecule has 2 rings (SSSR count). The summed E-state index contributed by atoms with van der Waals surface area (Å²) in [5.74, 6) is 1.61. The minimum Gasteiger partial charge on any atom is -0.324 e. The Bertz CT molecular complexity index is 341. The van der Waals surface area contributed by atoms with Crippen LogP contribution >= 0.6 is 0 Å². The predicted molar refractivity (Wildman–Crippen MR) is 60.6 cm³/mol. The maximum Gasteiger partial charge on any atom is 0.131 e. The van der Waals surface area contributed by atoms with Crippen molar-refractivity contribution in [3.8, 4) is 0 Å². The van der Waals surface area contributed by atoms with E-state index < -0.39 is 0 Å². The Kier molecular flexibility index (Phi) is 3.00. The predicted octanol–water partition coefficient (Wildman–Crippen LogP) is 2.46. The van der Waals surface area contributed by atoms with Crippen LogP contribution in [-0.4, -0.2) is 9.97 Å². The summed E-state index contributed by atoms with van der Waals surface area (Å²) in [6, 6.07) is 0.0302. The van der Waals surface area contributed by atoms with E-state index in [0.717, 1.165) is 17.1 Å². The minimum atomic E-state index is 0.0302. The van der Waals surface area contributed by atoms with E-state index in [1.54, 1.807) is 0 Å². The van der Waals surface area contributed by atoms with Crippen molar-refractivity contribution in [1.29, 1.82) is 0 Å². The number of hydrogen-bond acceptors (Lipinski definition) is 3. The summed E-state index contributed by atoms with van der Waals surface area (Å²) in [6.07, 6.45) is 7.04. The van der Waals surface area contributed by atoms with Crippen LogP contribution in [-0.2, 0) is 0 Å². The zero-order valence-electron chi connectivity index (χ0n) is 9.53. The standard InChI is InChI=1S/C12H19N3/c1-8(13)11-7-14-12(15-9(11)2)10-5-3-4-6-10/h7-8,10H,3-6,13H2,1-2H3/t8-/m0/s1. The van der Waals surface area contributed by atoms with Crippen molar-refractivity contribution in [3.05, 3.63) is 23.3 Å². The van der Waals surface area contributed by atoms with Crippen LogP contribution in [0.4, 0.5) is 0 Å². The molecule has 0 saturated heterocycles. The molecule has 2 N–H and O–H groups in total. The van der Waals surface area contributed by atoms with Crippen molar-refractivity contribution in [3.63, 3.8) is 0 Å². The molecule has 1 aliphatic carbocycles. The number of rotatable bonds is 2. The Morgan fingerprint density at radius 2 is 2.07 bits per heavy atom. The van der Waals surface area contributed by atoms with Gasteiger partial charge in [-0.1, -0.05) is 12.8 Å². The first-order chi connectivity index (χ1) is 7.18. The second kappa shape index (κ2) is 4.27. The van der Waals surface area contributed by atoms with Gasteiger partial charge in [0.05, 0.1) is 0 Å². The van der Waals surface area contributed by atoms with Gasteiger partial charge < -0.3 is 5.73 Å². The highest BCUT2D eigenvalue weighted by Crippen LogP contribution is 2.32. The Hall–Kier alpha value is -0.960. The average Bonchev–Trinajstić information content (AvgIpc) is 2.69. The van der Waals surface area contributed by atoms with Gasteiger partial charge in [0.15, 0.2) is 0 Å². The summed E-state index contributed by atoms with van der Waals surface area (Å²) in [6.45, 7) is 4.00. The second-order valence-corrected chi connectivity index (χ2v) is 4.54. The SMILES string of the molecule is Cc1nc(C2CCCC2)ncc1[C@H](C)N. The molecular weight excluding hydrogens is 186 g/mol. The monoisotopic (exact) mass is 205 g/mol. The van der Waals surface area contributed by atoms with Gasteiger partial charge in [-0.25, -0.2) is 9.97 Å².